The number of hydrogen-bond donors (Lipinski definition) is 0. The molecule has 1 aromatic rings. The van der Waals surface area contributed by atoms with Gasteiger partial charge < -0.3 is 0 Å². The Hall–Kier alpha value is -1.70. The Morgan fingerprint density at radius 2 is 1.92 bits per heavy atom. The van der Waals surface area contributed by atoms with Crippen molar-refractivity contribution in [3.8, 4) is 0 Å². The number of allylic oxidation sites excluding steroid dienone is 3. The number of benzene rings is 1. The average molecular weight is 176 g/mol. The van der Waals surface area contributed by atoms with Gasteiger partial charge in [-0.15, -0.1) is 0 Å². The molecule has 0 aromatic heterocycles. The van der Waals surface area contributed by atoms with Gasteiger partial charge in [-0.2, -0.15) is 0 Å². The third-order valence-electron chi connectivity index (χ3n) is 1.46. The second kappa shape index (κ2) is 5.04. The topological polar surface area (TPSA) is 17.1 Å². The van der Waals surface area contributed by atoms with E-state index in [2.05, 4.69) is 0 Å². The Morgan fingerprint density at radius 1 is 1.23 bits per heavy atom. The molecular formula is C11H9FO. The highest BCUT2D eigenvalue weighted by atomic mass is 19.1. The number of halogens is 1. The van der Waals surface area contributed by atoms with Gasteiger partial charge in [-0.1, -0.05) is 42.5 Å². The average Bonchev–Trinajstić information content (AvgIpc) is 2.19. The molecule has 0 N–H and O–H groups in total. The van der Waals surface area contributed by atoms with Crippen LogP contribution in [0, 0.1) is 0 Å². The lowest BCUT2D eigenvalue weighted by Gasteiger charge is -1.88. The zero-order valence-electron chi connectivity index (χ0n) is 6.98. The van der Waals surface area contributed by atoms with Gasteiger partial charge in [0.15, 0.2) is 12.1 Å². The Kier molecular flexibility index (Phi) is 3.64. The fourth-order valence-corrected chi connectivity index (χ4v) is 0.855. The van der Waals surface area contributed by atoms with Gasteiger partial charge in [0.2, 0.25) is 0 Å². The second-order valence-corrected chi connectivity index (χ2v) is 2.44. The molecule has 0 radical (unpaired) electrons. The van der Waals surface area contributed by atoms with Crippen LogP contribution in [-0.2, 0) is 4.79 Å². The van der Waals surface area contributed by atoms with Crippen molar-refractivity contribution in [3.63, 3.8) is 0 Å². The summed E-state index contributed by atoms with van der Waals surface area (Å²) in [5.41, 5.74) is 0.970. The molecule has 0 amide bonds. The summed E-state index contributed by atoms with van der Waals surface area (Å²) >= 11 is 0. The summed E-state index contributed by atoms with van der Waals surface area (Å²) in [5.74, 6) is -0.771. The van der Waals surface area contributed by atoms with E-state index in [9.17, 15) is 9.18 Å². The van der Waals surface area contributed by atoms with Crippen molar-refractivity contribution in [1.82, 2.24) is 0 Å². The van der Waals surface area contributed by atoms with E-state index < -0.39 is 5.83 Å². The van der Waals surface area contributed by atoms with Gasteiger partial charge in [0.1, 0.15) is 0 Å². The minimum absolute atomic E-state index is 0.176. The third-order valence-corrected chi connectivity index (χ3v) is 1.46. The summed E-state index contributed by atoms with van der Waals surface area (Å²) in [6, 6.07) is 9.46. The molecule has 0 saturated carbocycles. The molecular weight excluding hydrogens is 167 g/mol. The van der Waals surface area contributed by atoms with Crippen molar-refractivity contribution in [2.45, 2.75) is 0 Å². The van der Waals surface area contributed by atoms with Gasteiger partial charge >= 0.3 is 0 Å². The molecule has 0 bridgehead atoms. The lowest BCUT2D eigenvalue weighted by atomic mass is 10.2. The second-order valence-electron chi connectivity index (χ2n) is 2.44. The molecule has 13 heavy (non-hydrogen) atoms. The van der Waals surface area contributed by atoms with Crippen LogP contribution in [0.3, 0.4) is 0 Å². The first-order chi connectivity index (χ1) is 6.33. The molecule has 0 atom stereocenters. The maximum atomic E-state index is 12.3. The normalized spacial score (nSPS) is 11.9. The summed E-state index contributed by atoms with van der Waals surface area (Å²) in [6.45, 7) is 0. The van der Waals surface area contributed by atoms with E-state index in [0.29, 0.717) is 0 Å². The molecule has 0 unspecified atom stereocenters. The van der Waals surface area contributed by atoms with Crippen molar-refractivity contribution in [3.05, 3.63) is 53.9 Å². The number of aldehydes is 1. The van der Waals surface area contributed by atoms with Gasteiger partial charge in [0, 0.05) is 0 Å². The summed E-state index contributed by atoms with van der Waals surface area (Å²) in [5, 5.41) is 0. The first-order valence-electron chi connectivity index (χ1n) is 3.87. The van der Waals surface area contributed by atoms with E-state index in [0.717, 1.165) is 11.6 Å². The summed E-state index contributed by atoms with van der Waals surface area (Å²) in [4.78, 5) is 9.87. The van der Waals surface area contributed by atoms with Crippen LogP contribution in [0.1, 0.15) is 5.56 Å². The van der Waals surface area contributed by atoms with Crippen LogP contribution in [-0.4, -0.2) is 6.29 Å². The maximum absolute atomic E-state index is 12.3. The molecule has 1 aromatic carbocycles. The highest BCUT2D eigenvalue weighted by Gasteiger charge is 1.84. The van der Waals surface area contributed by atoms with Crippen LogP contribution >= 0.6 is 0 Å². The van der Waals surface area contributed by atoms with E-state index in [1.54, 1.807) is 6.08 Å². The standard InChI is InChI=1S/C11H9FO/c12-11(9-13)8-4-7-10-5-2-1-3-6-10/h1-9H/b7-4+,11-8-. The van der Waals surface area contributed by atoms with Crippen LogP contribution in [0.5, 0.6) is 0 Å². The first kappa shape index (κ1) is 9.39. The van der Waals surface area contributed by atoms with Crippen LogP contribution in [0.25, 0.3) is 6.08 Å². The van der Waals surface area contributed by atoms with Crippen LogP contribution in [0.2, 0.25) is 0 Å². The van der Waals surface area contributed by atoms with Crippen LogP contribution in [0.4, 0.5) is 4.39 Å². The predicted molar refractivity (Wildman–Crippen MR) is 50.7 cm³/mol. The molecule has 2 heteroatoms. The largest absolute Gasteiger partial charge is 0.295 e. The first-order valence-corrected chi connectivity index (χ1v) is 3.87. The molecule has 0 aliphatic rings. The minimum atomic E-state index is -0.771. The zero-order chi connectivity index (χ0) is 9.52. The molecule has 66 valence electrons. The fourth-order valence-electron chi connectivity index (χ4n) is 0.855. The monoisotopic (exact) mass is 176 g/mol. The molecule has 0 saturated heterocycles. The predicted octanol–water partition coefficient (Wildman–Crippen LogP) is 2.75. The number of carbonyl (C=O) groups excluding carboxylic acids is 1. The van der Waals surface area contributed by atoms with Crippen molar-refractivity contribution in [2.75, 3.05) is 0 Å². The number of hydrogen-bond acceptors (Lipinski definition) is 1. The number of rotatable bonds is 3. The molecule has 1 nitrogen and oxygen atoms in total. The molecule has 0 aliphatic heterocycles. The fraction of sp³-hybridized carbons (Fsp3) is 0. The Bertz CT molecular complexity index is 325. The third kappa shape index (κ3) is 3.47. The van der Waals surface area contributed by atoms with Crippen molar-refractivity contribution in [2.24, 2.45) is 0 Å². The van der Waals surface area contributed by atoms with Crippen LogP contribution < -0.4 is 0 Å². The summed E-state index contributed by atoms with van der Waals surface area (Å²) in [6.07, 6.45) is 4.53. The molecule has 0 spiro atoms. The summed E-state index contributed by atoms with van der Waals surface area (Å²) < 4.78 is 12.3. The van der Waals surface area contributed by atoms with Crippen molar-refractivity contribution < 1.29 is 9.18 Å². The molecule has 0 fully saturated rings. The maximum Gasteiger partial charge on any atom is 0.178 e. The van der Waals surface area contributed by atoms with E-state index in [4.69, 9.17) is 0 Å². The van der Waals surface area contributed by atoms with Gasteiger partial charge in [-0.25, -0.2) is 4.39 Å². The van der Waals surface area contributed by atoms with Gasteiger partial charge in [-0.05, 0) is 11.6 Å². The highest BCUT2D eigenvalue weighted by molar-refractivity contribution is 5.71. The van der Waals surface area contributed by atoms with Crippen molar-refractivity contribution in [1.29, 1.82) is 0 Å². The quantitative estimate of drug-likeness (QED) is 0.393. The smallest absolute Gasteiger partial charge is 0.178 e. The molecule has 0 aliphatic carbocycles. The van der Waals surface area contributed by atoms with E-state index in [1.807, 2.05) is 30.3 Å². The van der Waals surface area contributed by atoms with Gasteiger partial charge in [0.05, 0.1) is 0 Å². The van der Waals surface area contributed by atoms with Gasteiger partial charge in [0.25, 0.3) is 0 Å². The van der Waals surface area contributed by atoms with Gasteiger partial charge in [-0.3, -0.25) is 4.79 Å². The lowest BCUT2D eigenvalue weighted by molar-refractivity contribution is -0.106. The molecule has 0 heterocycles. The highest BCUT2D eigenvalue weighted by Crippen LogP contribution is 2.01. The molecule has 1 rings (SSSR count). The Labute approximate surface area is 76.2 Å². The zero-order valence-corrected chi connectivity index (χ0v) is 6.98. The Morgan fingerprint density at radius 3 is 2.54 bits per heavy atom. The van der Waals surface area contributed by atoms with E-state index in [1.165, 1.54) is 6.08 Å². The Balaban J connectivity index is 2.65. The van der Waals surface area contributed by atoms with E-state index in [-0.39, 0.29) is 6.29 Å². The lowest BCUT2D eigenvalue weighted by Crippen LogP contribution is -1.71. The SMILES string of the molecule is O=C/C(F)=C/C=C/c1ccccc1. The van der Waals surface area contributed by atoms with Crippen molar-refractivity contribution >= 4 is 12.4 Å². The summed E-state index contributed by atoms with van der Waals surface area (Å²) in [7, 11) is 0. The van der Waals surface area contributed by atoms with Crippen LogP contribution in [0.15, 0.2) is 48.3 Å². The number of carbonyl (C=O) groups is 1. The minimum Gasteiger partial charge on any atom is -0.295 e. The van der Waals surface area contributed by atoms with E-state index >= 15 is 0 Å².